The molecule has 2 atom stereocenters. The standard InChI is InChI=1S/C14H17FN2O2S2/c1-8(21(2)19)6-7-17-14(18)13-12(16)11-9(15)4-3-5-10(11)20-13/h3-5,8H,6-7,16H2,1-2H3,(H,17,18). The van der Waals surface area contributed by atoms with Gasteiger partial charge in [0.05, 0.1) is 11.1 Å². The van der Waals surface area contributed by atoms with Gasteiger partial charge in [0.2, 0.25) is 0 Å². The van der Waals surface area contributed by atoms with Crippen LogP contribution in [-0.2, 0) is 10.8 Å². The van der Waals surface area contributed by atoms with Crippen LogP contribution in [0.5, 0.6) is 0 Å². The van der Waals surface area contributed by atoms with E-state index in [1.54, 1.807) is 18.4 Å². The molecule has 7 heteroatoms. The quantitative estimate of drug-likeness (QED) is 0.886. The Morgan fingerprint density at radius 3 is 2.86 bits per heavy atom. The number of anilines is 1. The molecular weight excluding hydrogens is 311 g/mol. The lowest BCUT2D eigenvalue weighted by atomic mass is 10.2. The van der Waals surface area contributed by atoms with E-state index < -0.39 is 16.6 Å². The van der Waals surface area contributed by atoms with Crippen LogP contribution in [0.3, 0.4) is 0 Å². The Balaban J connectivity index is 2.12. The average molecular weight is 328 g/mol. The Morgan fingerprint density at radius 2 is 2.24 bits per heavy atom. The second-order valence-corrected chi connectivity index (χ2v) is 7.67. The van der Waals surface area contributed by atoms with Crippen LogP contribution in [0.4, 0.5) is 10.1 Å². The van der Waals surface area contributed by atoms with Crippen molar-refractivity contribution >= 4 is 43.8 Å². The highest BCUT2D eigenvalue weighted by Crippen LogP contribution is 2.35. The van der Waals surface area contributed by atoms with Gasteiger partial charge in [-0.1, -0.05) is 13.0 Å². The van der Waals surface area contributed by atoms with Gasteiger partial charge < -0.3 is 11.1 Å². The molecule has 0 bridgehead atoms. The van der Waals surface area contributed by atoms with Crippen LogP contribution in [0.2, 0.25) is 0 Å². The average Bonchev–Trinajstić information content (AvgIpc) is 2.77. The molecule has 0 aliphatic rings. The number of nitrogens with two attached hydrogens (primary N) is 1. The summed E-state index contributed by atoms with van der Waals surface area (Å²) in [6.45, 7) is 2.28. The normalized spacial score (nSPS) is 14.0. The molecule has 2 unspecified atom stereocenters. The zero-order valence-electron chi connectivity index (χ0n) is 11.8. The highest BCUT2D eigenvalue weighted by atomic mass is 32.2. The predicted octanol–water partition coefficient (Wildman–Crippen LogP) is 2.51. The number of rotatable bonds is 5. The first kappa shape index (κ1) is 15.9. The van der Waals surface area contributed by atoms with Gasteiger partial charge in [-0.25, -0.2) is 4.39 Å². The molecule has 1 heterocycles. The maximum Gasteiger partial charge on any atom is 0.263 e. The van der Waals surface area contributed by atoms with Crippen LogP contribution in [0.15, 0.2) is 18.2 Å². The molecule has 0 spiro atoms. The Kier molecular flexibility index (Phi) is 4.95. The number of nitrogen functional groups attached to an aromatic ring is 1. The molecule has 0 aliphatic heterocycles. The number of amides is 1. The molecule has 1 aromatic carbocycles. The summed E-state index contributed by atoms with van der Waals surface area (Å²) in [6, 6.07) is 4.65. The van der Waals surface area contributed by atoms with E-state index in [1.807, 2.05) is 6.92 Å². The maximum absolute atomic E-state index is 13.7. The van der Waals surface area contributed by atoms with Crippen molar-refractivity contribution in [2.75, 3.05) is 18.5 Å². The number of hydrogen-bond acceptors (Lipinski definition) is 4. The third-order valence-electron chi connectivity index (χ3n) is 3.31. The number of fused-ring (bicyclic) bond motifs is 1. The van der Waals surface area contributed by atoms with Crippen molar-refractivity contribution in [3.05, 3.63) is 28.9 Å². The third-order valence-corrected chi connectivity index (χ3v) is 5.85. The molecule has 0 aliphatic carbocycles. The minimum Gasteiger partial charge on any atom is -0.397 e. The molecule has 21 heavy (non-hydrogen) atoms. The van der Waals surface area contributed by atoms with E-state index in [0.717, 1.165) is 0 Å². The summed E-state index contributed by atoms with van der Waals surface area (Å²) in [5.74, 6) is -0.738. The lowest BCUT2D eigenvalue weighted by molar-refractivity contribution is 0.0958. The predicted molar refractivity (Wildman–Crippen MR) is 86.7 cm³/mol. The Morgan fingerprint density at radius 1 is 1.52 bits per heavy atom. The van der Waals surface area contributed by atoms with Gasteiger partial charge in [0.1, 0.15) is 10.7 Å². The van der Waals surface area contributed by atoms with E-state index in [9.17, 15) is 13.4 Å². The summed E-state index contributed by atoms with van der Waals surface area (Å²) < 4.78 is 25.6. The van der Waals surface area contributed by atoms with Crippen LogP contribution < -0.4 is 11.1 Å². The number of nitrogens with one attached hydrogen (secondary N) is 1. The van der Waals surface area contributed by atoms with Gasteiger partial charge in [-0.05, 0) is 18.6 Å². The summed E-state index contributed by atoms with van der Waals surface area (Å²) in [6.07, 6.45) is 2.26. The summed E-state index contributed by atoms with van der Waals surface area (Å²) in [5.41, 5.74) is 6.06. The van der Waals surface area contributed by atoms with Gasteiger partial charge in [-0.15, -0.1) is 11.3 Å². The van der Waals surface area contributed by atoms with E-state index in [1.165, 1.54) is 17.4 Å². The smallest absolute Gasteiger partial charge is 0.263 e. The summed E-state index contributed by atoms with van der Waals surface area (Å²) in [5, 5.41) is 3.06. The van der Waals surface area contributed by atoms with Gasteiger partial charge in [0.15, 0.2) is 0 Å². The molecule has 2 rings (SSSR count). The maximum atomic E-state index is 13.7. The zero-order chi connectivity index (χ0) is 15.6. The Bertz CT molecular complexity index is 700. The van der Waals surface area contributed by atoms with Gasteiger partial charge >= 0.3 is 0 Å². The lowest BCUT2D eigenvalue weighted by Crippen LogP contribution is -2.27. The minimum absolute atomic E-state index is 0.0162. The molecule has 2 aromatic rings. The Hall–Kier alpha value is -1.47. The van der Waals surface area contributed by atoms with E-state index in [4.69, 9.17) is 5.73 Å². The highest BCUT2D eigenvalue weighted by molar-refractivity contribution is 7.84. The van der Waals surface area contributed by atoms with E-state index in [-0.39, 0.29) is 16.8 Å². The fourth-order valence-electron chi connectivity index (χ4n) is 1.93. The van der Waals surface area contributed by atoms with Crippen molar-refractivity contribution < 1.29 is 13.4 Å². The van der Waals surface area contributed by atoms with Crippen molar-refractivity contribution in [3.8, 4) is 0 Å². The number of carbonyl (C=O) groups excluding carboxylic acids is 1. The first-order chi connectivity index (χ1) is 9.91. The van der Waals surface area contributed by atoms with E-state index in [0.29, 0.717) is 27.9 Å². The molecular formula is C14H17FN2O2S2. The van der Waals surface area contributed by atoms with Gasteiger partial charge in [-0.2, -0.15) is 0 Å². The second-order valence-electron chi connectivity index (χ2n) is 4.81. The number of halogens is 1. The summed E-state index contributed by atoms with van der Waals surface area (Å²) >= 11 is 1.17. The Labute approximate surface area is 129 Å². The molecule has 0 radical (unpaired) electrons. The fourth-order valence-corrected chi connectivity index (χ4v) is 3.44. The van der Waals surface area contributed by atoms with Gasteiger partial charge in [0, 0.05) is 33.5 Å². The van der Waals surface area contributed by atoms with Crippen LogP contribution in [0, 0.1) is 5.82 Å². The van der Waals surface area contributed by atoms with Crippen LogP contribution in [0.1, 0.15) is 23.0 Å². The van der Waals surface area contributed by atoms with Crippen molar-refractivity contribution in [2.45, 2.75) is 18.6 Å². The number of benzene rings is 1. The third kappa shape index (κ3) is 3.41. The highest BCUT2D eigenvalue weighted by Gasteiger charge is 2.18. The molecule has 114 valence electrons. The SMILES string of the molecule is CC(CCNC(=O)c1sc2cccc(F)c2c1N)S(C)=O. The number of thiophene rings is 1. The van der Waals surface area contributed by atoms with Crippen molar-refractivity contribution in [2.24, 2.45) is 0 Å². The number of carbonyl (C=O) groups is 1. The molecule has 1 amide bonds. The molecule has 3 N–H and O–H groups in total. The minimum atomic E-state index is -0.912. The van der Waals surface area contributed by atoms with E-state index >= 15 is 0 Å². The lowest BCUT2D eigenvalue weighted by Gasteiger charge is -2.08. The zero-order valence-corrected chi connectivity index (χ0v) is 13.4. The molecule has 0 fully saturated rings. The largest absolute Gasteiger partial charge is 0.397 e. The fraction of sp³-hybridized carbons (Fsp3) is 0.357. The summed E-state index contributed by atoms with van der Waals surface area (Å²) in [7, 11) is -0.912. The molecule has 4 nitrogen and oxygen atoms in total. The number of hydrogen-bond donors (Lipinski definition) is 2. The van der Waals surface area contributed by atoms with Crippen molar-refractivity contribution in [3.63, 3.8) is 0 Å². The van der Waals surface area contributed by atoms with Crippen molar-refractivity contribution in [1.82, 2.24) is 5.32 Å². The van der Waals surface area contributed by atoms with Crippen molar-refractivity contribution in [1.29, 1.82) is 0 Å². The first-order valence-corrected chi connectivity index (χ1v) is 8.92. The van der Waals surface area contributed by atoms with Gasteiger partial charge in [0.25, 0.3) is 5.91 Å². The van der Waals surface area contributed by atoms with Crippen LogP contribution in [-0.4, -0.2) is 28.2 Å². The monoisotopic (exact) mass is 328 g/mol. The van der Waals surface area contributed by atoms with E-state index in [2.05, 4.69) is 5.32 Å². The second kappa shape index (κ2) is 6.53. The summed E-state index contributed by atoms with van der Waals surface area (Å²) in [4.78, 5) is 12.4. The van der Waals surface area contributed by atoms with Crippen LogP contribution >= 0.6 is 11.3 Å². The molecule has 1 aromatic heterocycles. The first-order valence-electron chi connectivity index (χ1n) is 6.48. The molecule has 0 saturated carbocycles. The van der Waals surface area contributed by atoms with Gasteiger partial charge in [-0.3, -0.25) is 9.00 Å². The van der Waals surface area contributed by atoms with Crippen LogP contribution in [0.25, 0.3) is 10.1 Å². The topological polar surface area (TPSA) is 72.2 Å². The molecule has 0 saturated heterocycles.